The molecule has 1 N–H and O–H groups in total. The van der Waals surface area contributed by atoms with Crippen LogP contribution in [0.4, 0.5) is 11.4 Å². The molecule has 2 bridgehead atoms. The highest BCUT2D eigenvalue weighted by Crippen LogP contribution is 2.55. The number of carbonyl (C=O) groups excluding carboxylic acids is 4. The van der Waals surface area contributed by atoms with Crippen LogP contribution in [0, 0.1) is 30.6 Å². The first kappa shape index (κ1) is 23.8. The van der Waals surface area contributed by atoms with Gasteiger partial charge in [0, 0.05) is 10.2 Å². The van der Waals surface area contributed by atoms with E-state index in [1.165, 1.54) is 22.6 Å². The highest BCUT2D eigenvalue weighted by atomic mass is 79.9. The first-order valence-electron chi connectivity index (χ1n) is 11.2. The number of hydrogen-bond acceptors (Lipinski definition) is 5. The molecule has 0 spiro atoms. The summed E-state index contributed by atoms with van der Waals surface area (Å²) in [5.41, 5.74) is 2.96. The van der Waals surface area contributed by atoms with E-state index in [1.54, 1.807) is 24.3 Å². The molecule has 0 aromatic heterocycles. The molecule has 1 saturated heterocycles. The Hall–Kier alpha value is -2.97. The minimum Gasteiger partial charge on any atom is -0.452 e. The molecule has 0 unspecified atom stereocenters. The van der Waals surface area contributed by atoms with Crippen LogP contribution in [0.15, 0.2) is 52.5 Å². The van der Waals surface area contributed by atoms with E-state index in [1.807, 2.05) is 13.8 Å². The van der Waals surface area contributed by atoms with Gasteiger partial charge in [-0.3, -0.25) is 14.4 Å². The van der Waals surface area contributed by atoms with Crippen molar-refractivity contribution in [3.63, 3.8) is 0 Å². The van der Waals surface area contributed by atoms with Crippen LogP contribution < -0.4 is 10.2 Å². The number of ether oxygens (including phenoxy) is 1. The molecular weight excluding hydrogens is 536 g/mol. The van der Waals surface area contributed by atoms with Gasteiger partial charge in [0.1, 0.15) is 0 Å². The lowest BCUT2D eigenvalue weighted by atomic mass is 9.82. The van der Waals surface area contributed by atoms with Gasteiger partial charge < -0.3 is 10.1 Å². The summed E-state index contributed by atoms with van der Waals surface area (Å²) < 4.78 is 5.88. The van der Waals surface area contributed by atoms with Gasteiger partial charge in [-0.1, -0.05) is 29.3 Å². The summed E-state index contributed by atoms with van der Waals surface area (Å²) in [7, 11) is 0. The van der Waals surface area contributed by atoms with Crippen molar-refractivity contribution in [2.45, 2.75) is 20.3 Å². The average Bonchev–Trinajstić information content (AvgIpc) is 3.46. The third-order valence-electron chi connectivity index (χ3n) is 7.10. The fraction of sp³-hybridized carbons (Fsp3) is 0.308. The van der Waals surface area contributed by atoms with Gasteiger partial charge in [-0.2, -0.15) is 0 Å². The van der Waals surface area contributed by atoms with Gasteiger partial charge in [-0.05, 0) is 83.9 Å². The van der Waals surface area contributed by atoms with Gasteiger partial charge >= 0.3 is 5.97 Å². The average molecular weight is 558 g/mol. The molecule has 2 aromatic rings. The molecule has 1 heterocycles. The maximum Gasteiger partial charge on any atom is 0.338 e. The van der Waals surface area contributed by atoms with Gasteiger partial charge in [-0.25, -0.2) is 9.69 Å². The number of fused-ring (bicyclic) bond motifs is 5. The van der Waals surface area contributed by atoms with E-state index >= 15 is 0 Å². The monoisotopic (exact) mass is 556 g/mol. The molecular formula is C26H22BrClN2O5. The van der Waals surface area contributed by atoms with Gasteiger partial charge in [0.05, 0.1) is 28.1 Å². The predicted molar refractivity (Wildman–Crippen MR) is 134 cm³/mol. The van der Waals surface area contributed by atoms with Crippen molar-refractivity contribution in [2.75, 3.05) is 16.8 Å². The summed E-state index contributed by atoms with van der Waals surface area (Å²) in [6, 6.07) is 9.57. The Bertz CT molecular complexity index is 1320. The molecule has 7 nitrogen and oxygen atoms in total. The number of nitrogens with one attached hydrogen (secondary N) is 1. The zero-order valence-corrected chi connectivity index (χ0v) is 21.4. The Morgan fingerprint density at radius 2 is 1.89 bits per heavy atom. The summed E-state index contributed by atoms with van der Waals surface area (Å²) in [4.78, 5) is 52.4. The fourth-order valence-electron chi connectivity index (χ4n) is 5.48. The largest absolute Gasteiger partial charge is 0.452 e. The second kappa shape index (κ2) is 8.91. The van der Waals surface area contributed by atoms with Crippen molar-refractivity contribution in [1.82, 2.24) is 0 Å². The highest BCUT2D eigenvalue weighted by molar-refractivity contribution is 9.10. The van der Waals surface area contributed by atoms with E-state index in [2.05, 4.69) is 27.3 Å². The van der Waals surface area contributed by atoms with Crippen LogP contribution in [-0.4, -0.2) is 30.3 Å². The maximum absolute atomic E-state index is 13.2. The number of rotatable bonds is 5. The van der Waals surface area contributed by atoms with Crippen molar-refractivity contribution < 1.29 is 23.9 Å². The van der Waals surface area contributed by atoms with E-state index < -0.39 is 18.5 Å². The number of allylic oxidation sites excluding steroid dienone is 2. The number of amides is 3. The minimum absolute atomic E-state index is 0.0994. The maximum atomic E-state index is 13.2. The summed E-state index contributed by atoms with van der Waals surface area (Å²) in [5.74, 6) is -2.13. The molecule has 2 aliphatic carbocycles. The topological polar surface area (TPSA) is 92.8 Å². The van der Waals surface area contributed by atoms with Crippen LogP contribution in [0.2, 0.25) is 5.02 Å². The second-order valence-electron chi connectivity index (χ2n) is 9.24. The molecule has 3 aliphatic rings. The van der Waals surface area contributed by atoms with Crippen LogP contribution in [0.1, 0.15) is 29.3 Å². The van der Waals surface area contributed by atoms with E-state index in [4.69, 9.17) is 16.3 Å². The Morgan fingerprint density at radius 1 is 1.14 bits per heavy atom. The van der Waals surface area contributed by atoms with Gasteiger partial charge in [0.25, 0.3) is 5.91 Å². The molecule has 1 saturated carbocycles. The minimum atomic E-state index is -0.732. The number of hydrogen-bond donors (Lipinski definition) is 1. The zero-order chi connectivity index (χ0) is 25.0. The molecule has 180 valence electrons. The normalized spacial score (nSPS) is 24.5. The molecule has 2 fully saturated rings. The number of anilines is 2. The summed E-state index contributed by atoms with van der Waals surface area (Å²) in [6.45, 7) is 3.32. The third kappa shape index (κ3) is 4.08. The molecule has 2 aromatic carbocycles. The molecule has 35 heavy (non-hydrogen) atoms. The molecule has 5 rings (SSSR count). The van der Waals surface area contributed by atoms with Gasteiger partial charge in [0.15, 0.2) is 6.61 Å². The number of aryl methyl sites for hydroxylation is 1. The van der Waals surface area contributed by atoms with Gasteiger partial charge in [0.2, 0.25) is 11.8 Å². The second-order valence-corrected chi connectivity index (χ2v) is 10.5. The molecule has 1 aliphatic heterocycles. The summed E-state index contributed by atoms with van der Waals surface area (Å²) in [5, 5.41) is 3.11. The quantitative estimate of drug-likeness (QED) is 0.320. The van der Waals surface area contributed by atoms with Crippen LogP contribution in [0.3, 0.4) is 0 Å². The highest BCUT2D eigenvalue weighted by Gasteiger charge is 2.60. The lowest BCUT2D eigenvalue weighted by molar-refractivity contribution is -0.123. The Kier molecular flexibility index (Phi) is 6.05. The predicted octanol–water partition coefficient (Wildman–Crippen LogP) is 4.91. The summed E-state index contributed by atoms with van der Waals surface area (Å²) in [6.07, 6.45) is 2.97. The number of esters is 1. The van der Waals surface area contributed by atoms with E-state index in [-0.39, 0.29) is 41.0 Å². The Morgan fingerprint density at radius 3 is 2.66 bits per heavy atom. The van der Waals surface area contributed by atoms with Crippen molar-refractivity contribution in [2.24, 2.45) is 23.7 Å². The molecule has 4 atom stereocenters. The zero-order valence-electron chi connectivity index (χ0n) is 19.0. The fourth-order valence-corrected chi connectivity index (χ4v) is 6.10. The number of carbonyl (C=O) groups is 4. The van der Waals surface area contributed by atoms with Crippen LogP contribution >= 0.6 is 27.5 Å². The number of imide groups is 1. The van der Waals surface area contributed by atoms with Crippen molar-refractivity contribution in [1.29, 1.82) is 0 Å². The Labute approximate surface area is 215 Å². The van der Waals surface area contributed by atoms with Crippen molar-refractivity contribution in [3.8, 4) is 0 Å². The number of nitrogens with zero attached hydrogens (tertiary/aromatic N) is 1. The molecule has 3 amide bonds. The van der Waals surface area contributed by atoms with Crippen molar-refractivity contribution in [3.05, 3.63) is 68.7 Å². The van der Waals surface area contributed by atoms with Crippen LogP contribution in [0.25, 0.3) is 0 Å². The third-order valence-corrected chi connectivity index (χ3v) is 8.29. The van der Waals surface area contributed by atoms with E-state index in [0.29, 0.717) is 20.9 Å². The van der Waals surface area contributed by atoms with Gasteiger partial charge in [-0.15, -0.1) is 0 Å². The Balaban J connectivity index is 1.25. The standard InChI is InChI=1S/C26H22BrClN2O5/c1-12-6-15-9-17(12)23-22(15)24(32)30(25(23)33)16-5-3-4-14(8-16)26(34)35-11-21(31)29-20-10-19(28)18(27)7-13(20)2/h3-8,10,15,17,22-23H,9,11H2,1-2H3,(H,29,31)/t15-,17+,22+,23+/m0/s1. The molecule has 9 heteroatoms. The lowest BCUT2D eigenvalue weighted by Gasteiger charge is -2.19. The smallest absolute Gasteiger partial charge is 0.338 e. The molecule has 0 radical (unpaired) electrons. The lowest BCUT2D eigenvalue weighted by Crippen LogP contribution is -2.33. The summed E-state index contributed by atoms with van der Waals surface area (Å²) >= 11 is 9.41. The number of benzene rings is 2. The van der Waals surface area contributed by atoms with Crippen molar-refractivity contribution >= 4 is 62.6 Å². The van der Waals surface area contributed by atoms with E-state index in [9.17, 15) is 19.2 Å². The van der Waals surface area contributed by atoms with E-state index in [0.717, 1.165) is 12.0 Å². The number of halogens is 2. The first-order chi connectivity index (χ1) is 16.7. The van der Waals surface area contributed by atoms with Crippen LogP contribution in [0.5, 0.6) is 0 Å². The SMILES string of the molecule is CC1=C[C@H]2C[C@H]1[C@H]1C(=O)N(c3cccc(C(=O)OCC(=O)Nc4cc(Cl)c(Br)cc4C)c3)C(=O)[C@@H]12. The van der Waals surface area contributed by atoms with Crippen LogP contribution in [-0.2, 0) is 19.1 Å². The first-order valence-corrected chi connectivity index (χ1v) is 12.4.